The van der Waals surface area contributed by atoms with Gasteiger partial charge in [0.1, 0.15) is 0 Å². The quantitative estimate of drug-likeness (QED) is 0.708. The number of nitrogens with zero attached hydrogens (tertiary/aromatic N) is 1. The first-order valence-electron chi connectivity index (χ1n) is 5.52. The Morgan fingerprint density at radius 2 is 2.15 bits per heavy atom. The topological polar surface area (TPSA) is 15.3 Å². The minimum Gasteiger partial charge on any atom is -0.319 e. The molecule has 0 aromatic carbocycles. The van der Waals surface area contributed by atoms with E-state index in [1.54, 1.807) is 0 Å². The summed E-state index contributed by atoms with van der Waals surface area (Å²) in [6.07, 6.45) is 2.81. The summed E-state index contributed by atoms with van der Waals surface area (Å²) >= 11 is 0. The third kappa shape index (κ3) is 1.89. The van der Waals surface area contributed by atoms with E-state index < -0.39 is 0 Å². The molecule has 2 heteroatoms. The first kappa shape index (κ1) is 9.47. The van der Waals surface area contributed by atoms with Gasteiger partial charge in [-0.15, -0.1) is 0 Å². The van der Waals surface area contributed by atoms with Gasteiger partial charge >= 0.3 is 0 Å². The predicted octanol–water partition coefficient (Wildman–Crippen LogP) is 1.33. The Morgan fingerprint density at radius 3 is 2.69 bits per heavy atom. The van der Waals surface area contributed by atoms with Crippen molar-refractivity contribution in [2.45, 2.75) is 32.7 Å². The molecule has 1 aliphatic carbocycles. The van der Waals surface area contributed by atoms with Gasteiger partial charge in [-0.25, -0.2) is 0 Å². The number of rotatable bonds is 3. The lowest BCUT2D eigenvalue weighted by atomic mass is 10.1. The minimum absolute atomic E-state index is 0.620. The van der Waals surface area contributed by atoms with E-state index in [1.807, 2.05) is 0 Å². The summed E-state index contributed by atoms with van der Waals surface area (Å²) in [5, 5.41) is 3.28. The van der Waals surface area contributed by atoms with E-state index in [9.17, 15) is 0 Å². The molecule has 2 rings (SSSR count). The lowest BCUT2D eigenvalue weighted by Crippen LogP contribution is -2.28. The summed E-state index contributed by atoms with van der Waals surface area (Å²) in [5.74, 6) is 0.904. The fourth-order valence-electron chi connectivity index (χ4n) is 2.66. The summed E-state index contributed by atoms with van der Waals surface area (Å²) in [5.41, 5.74) is 0.620. The maximum absolute atomic E-state index is 3.28. The van der Waals surface area contributed by atoms with Crippen LogP contribution in [0.5, 0.6) is 0 Å². The van der Waals surface area contributed by atoms with Crippen LogP contribution >= 0.6 is 0 Å². The Bertz CT molecular complexity index is 189. The smallest absolute Gasteiger partial charge is 0.0153 e. The van der Waals surface area contributed by atoms with Crippen molar-refractivity contribution in [3.63, 3.8) is 0 Å². The second-order valence-corrected chi connectivity index (χ2v) is 5.42. The molecule has 2 atom stereocenters. The molecular formula is C11H22N2. The average Bonchev–Trinajstić information content (AvgIpc) is 2.52. The zero-order valence-corrected chi connectivity index (χ0v) is 9.14. The van der Waals surface area contributed by atoms with Crippen LogP contribution in [0.2, 0.25) is 0 Å². The van der Waals surface area contributed by atoms with Gasteiger partial charge in [-0.2, -0.15) is 0 Å². The van der Waals surface area contributed by atoms with Crippen molar-refractivity contribution in [2.75, 3.05) is 26.7 Å². The SMILES string of the molecule is CNCC1CCN(C2CC2(C)C)C1. The minimum atomic E-state index is 0.620. The molecule has 0 bridgehead atoms. The molecule has 1 aliphatic heterocycles. The second kappa shape index (κ2) is 3.25. The van der Waals surface area contributed by atoms with Crippen molar-refractivity contribution < 1.29 is 0 Å². The van der Waals surface area contributed by atoms with Crippen LogP contribution < -0.4 is 5.32 Å². The molecule has 1 saturated heterocycles. The van der Waals surface area contributed by atoms with Crippen molar-refractivity contribution in [1.82, 2.24) is 10.2 Å². The number of likely N-dealkylation sites (tertiary alicyclic amines) is 1. The molecule has 0 amide bonds. The van der Waals surface area contributed by atoms with Crippen LogP contribution in [0.1, 0.15) is 26.7 Å². The van der Waals surface area contributed by atoms with Crippen LogP contribution in [0.25, 0.3) is 0 Å². The summed E-state index contributed by atoms with van der Waals surface area (Å²) < 4.78 is 0. The largest absolute Gasteiger partial charge is 0.319 e. The Balaban J connectivity index is 1.79. The highest BCUT2D eigenvalue weighted by molar-refractivity contribution is 5.04. The van der Waals surface area contributed by atoms with Crippen LogP contribution in [-0.2, 0) is 0 Å². The van der Waals surface area contributed by atoms with Crippen molar-refractivity contribution in [3.05, 3.63) is 0 Å². The average molecular weight is 182 g/mol. The van der Waals surface area contributed by atoms with Gasteiger partial charge in [0.15, 0.2) is 0 Å². The van der Waals surface area contributed by atoms with E-state index in [2.05, 4.69) is 31.1 Å². The van der Waals surface area contributed by atoms with Gasteiger partial charge in [0.2, 0.25) is 0 Å². The van der Waals surface area contributed by atoms with E-state index in [-0.39, 0.29) is 0 Å². The van der Waals surface area contributed by atoms with E-state index in [0.717, 1.165) is 12.0 Å². The van der Waals surface area contributed by atoms with Crippen LogP contribution in [0.3, 0.4) is 0 Å². The molecular weight excluding hydrogens is 160 g/mol. The maximum Gasteiger partial charge on any atom is 0.0153 e. The molecule has 1 saturated carbocycles. The Morgan fingerprint density at radius 1 is 1.46 bits per heavy atom. The van der Waals surface area contributed by atoms with E-state index in [1.165, 1.54) is 32.5 Å². The van der Waals surface area contributed by atoms with Crippen molar-refractivity contribution in [3.8, 4) is 0 Å². The third-order valence-corrected chi connectivity index (χ3v) is 3.71. The van der Waals surface area contributed by atoms with Crippen LogP contribution in [-0.4, -0.2) is 37.6 Å². The third-order valence-electron chi connectivity index (χ3n) is 3.71. The van der Waals surface area contributed by atoms with Crippen LogP contribution in [0, 0.1) is 11.3 Å². The Kier molecular flexibility index (Phi) is 2.37. The van der Waals surface area contributed by atoms with Crippen molar-refractivity contribution in [2.24, 2.45) is 11.3 Å². The molecule has 2 nitrogen and oxygen atoms in total. The van der Waals surface area contributed by atoms with E-state index in [4.69, 9.17) is 0 Å². The molecule has 76 valence electrons. The summed E-state index contributed by atoms with van der Waals surface area (Å²) in [6, 6.07) is 0.898. The van der Waals surface area contributed by atoms with E-state index in [0.29, 0.717) is 5.41 Å². The van der Waals surface area contributed by atoms with Crippen LogP contribution in [0.15, 0.2) is 0 Å². The lowest BCUT2D eigenvalue weighted by molar-refractivity contribution is 0.278. The molecule has 0 spiro atoms. The highest BCUT2D eigenvalue weighted by Crippen LogP contribution is 2.49. The van der Waals surface area contributed by atoms with Gasteiger partial charge in [-0.1, -0.05) is 13.8 Å². The monoisotopic (exact) mass is 182 g/mol. The molecule has 13 heavy (non-hydrogen) atoms. The Hall–Kier alpha value is -0.0800. The lowest BCUT2D eigenvalue weighted by Gasteiger charge is -2.17. The molecule has 1 N–H and O–H groups in total. The molecule has 2 aliphatic rings. The van der Waals surface area contributed by atoms with Crippen molar-refractivity contribution >= 4 is 0 Å². The number of nitrogens with one attached hydrogen (secondary N) is 1. The fourth-order valence-corrected chi connectivity index (χ4v) is 2.66. The zero-order valence-electron chi connectivity index (χ0n) is 9.14. The van der Waals surface area contributed by atoms with Crippen LogP contribution in [0.4, 0.5) is 0 Å². The summed E-state index contributed by atoms with van der Waals surface area (Å²) in [6.45, 7) is 8.64. The molecule has 0 aromatic heterocycles. The zero-order chi connectivity index (χ0) is 9.47. The molecule has 2 fully saturated rings. The van der Waals surface area contributed by atoms with Gasteiger partial charge in [-0.05, 0) is 44.3 Å². The molecule has 2 unspecified atom stereocenters. The first-order valence-corrected chi connectivity index (χ1v) is 5.52. The summed E-state index contributed by atoms with van der Waals surface area (Å²) in [7, 11) is 2.06. The molecule has 1 heterocycles. The number of hydrogen-bond donors (Lipinski definition) is 1. The number of hydrogen-bond acceptors (Lipinski definition) is 2. The predicted molar refractivity (Wildman–Crippen MR) is 55.8 cm³/mol. The van der Waals surface area contributed by atoms with E-state index >= 15 is 0 Å². The highest BCUT2D eigenvalue weighted by Gasteiger charge is 2.50. The van der Waals surface area contributed by atoms with Gasteiger partial charge in [0, 0.05) is 12.6 Å². The second-order valence-electron chi connectivity index (χ2n) is 5.42. The maximum atomic E-state index is 3.28. The Labute approximate surface area is 81.7 Å². The normalized spacial score (nSPS) is 38.1. The highest BCUT2D eigenvalue weighted by atomic mass is 15.2. The van der Waals surface area contributed by atoms with Gasteiger partial charge in [-0.3, -0.25) is 4.90 Å². The fraction of sp³-hybridized carbons (Fsp3) is 1.00. The van der Waals surface area contributed by atoms with Gasteiger partial charge < -0.3 is 5.32 Å². The van der Waals surface area contributed by atoms with Gasteiger partial charge in [0.25, 0.3) is 0 Å². The molecule has 0 radical (unpaired) electrons. The molecule has 0 aromatic rings. The summed E-state index contributed by atoms with van der Waals surface area (Å²) in [4.78, 5) is 2.70. The first-order chi connectivity index (χ1) is 6.13. The van der Waals surface area contributed by atoms with Crippen molar-refractivity contribution in [1.29, 1.82) is 0 Å². The standard InChI is InChI=1S/C11H22N2/c1-11(2)6-10(11)13-5-4-9(8-13)7-12-3/h9-10,12H,4-8H2,1-3H3. The van der Waals surface area contributed by atoms with Gasteiger partial charge in [0.05, 0.1) is 0 Å².